The molecule has 106 valence electrons. The Balaban J connectivity index is 2.82. The highest BCUT2D eigenvalue weighted by molar-refractivity contribution is 5.82. The Morgan fingerprint density at radius 2 is 1.89 bits per heavy atom. The molecule has 0 heterocycles. The lowest BCUT2D eigenvalue weighted by molar-refractivity contribution is -0.133. The summed E-state index contributed by atoms with van der Waals surface area (Å²) in [4.78, 5) is 11.4. The second-order valence-corrected chi connectivity index (χ2v) is 4.68. The maximum absolute atomic E-state index is 11.4. The highest BCUT2D eigenvalue weighted by atomic mass is 16.6. The van der Waals surface area contributed by atoms with Crippen molar-refractivity contribution in [1.82, 2.24) is 0 Å². The van der Waals surface area contributed by atoms with Crippen molar-refractivity contribution in [2.45, 2.75) is 51.4 Å². The molecule has 0 spiro atoms. The largest absolute Gasteiger partial charge is 0.497 e. The number of carbonyl (C=O) groups is 1. The first-order valence-electron chi connectivity index (χ1n) is 7.06. The molecule has 0 amide bonds. The normalized spacial score (nSPS) is 23.6. The van der Waals surface area contributed by atoms with Gasteiger partial charge < -0.3 is 9.47 Å². The molecule has 1 aliphatic carbocycles. The van der Waals surface area contributed by atoms with Crippen LogP contribution in [-0.2, 0) is 14.3 Å². The molecule has 0 aliphatic heterocycles. The minimum atomic E-state index is -0.443. The topological polar surface area (TPSA) is 35.5 Å². The van der Waals surface area contributed by atoms with Gasteiger partial charge in [-0.1, -0.05) is 38.3 Å². The third-order valence-electron chi connectivity index (χ3n) is 3.19. The van der Waals surface area contributed by atoms with Crippen LogP contribution in [0.25, 0.3) is 0 Å². The van der Waals surface area contributed by atoms with Gasteiger partial charge in [0.15, 0.2) is 5.76 Å². The van der Waals surface area contributed by atoms with Crippen LogP contribution in [0.4, 0.5) is 0 Å². The summed E-state index contributed by atoms with van der Waals surface area (Å²) in [5.41, 5.74) is 0. The van der Waals surface area contributed by atoms with E-state index in [9.17, 15) is 4.79 Å². The summed E-state index contributed by atoms with van der Waals surface area (Å²) in [5.74, 6) is 0.821. The average Bonchev–Trinajstić information content (AvgIpc) is 2.41. The summed E-state index contributed by atoms with van der Waals surface area (Å²) in [6.07, 6.45) is 14.2. The van der Waals surface area contributed by atoms with Gasteiger partial charge in [-0.25, -0.2) is 4.79 Å². The van der Waals surface area contributed by atoms with Crippen molar-refractivity contribution in [1.29, 1.82) is 0 Å². The molecule has 1 rings (SSSR count). The second-order valence-electron chi connectivity index (χ2n) is 4.68. The molecule has 1 aliphatic rings. The van der Waals surface area contributed by atoms with E-state index in [1.807, 2.05) is 12.2 Å². The summed E-state index contributed by atoms with van der Waals surface area (Å²) in [5, 5.41) is 0. The fraction of sp³-hybridized carbons (Fsp3) is 0.562. The van der Waals surface area contributed by atoms with Crippen molar-refractivity contribution >= 4 is 5.97 Å². The molecule has 0 saturated heterocycles. The van der Waals surface area contributed by atoms with Crippen LogP contribution in [0.3, 0.4) is 0 Å². The summed E-state index contributed by atoms with van der Waals surface area (Å²) in [6, 6.07) is 0. The van der Waals surface area contributed by atoms with Crippen LogP contribution in [-0.4, -0.2) is 13.1 Å². The number of rotatable bonds is 3. The number of hydrogen-bond donors (Lipinski definition) is 0. The number of allylic oxidation sites excluding steroid dienone is 3. The predicted molar refractivity (Wildman–Crippen MR) is 76.4 cm³/mol. The van der Waals surface area contributed by atoms with Crippen molar-refractivity contribution in [3.8, 4) is 0 Å². The number of esters is 1. The zero-order chi connectivity index (χ0) is 13.9. The summed E-state index contributed by atoms with van der Waals surface area (Å²) in [6.45, 7) is 3.42. The van der Waals surface area contributed by atoms with Gasteiger partial charge in [0.2, 0.25) is 0 Å². The number of carbonyl (C=O) groups excluding carboxylic acids is 1. The van der Waals surface area contributed by atoms with Crippen molar-refractivity contribution in [2.24, 2.45) is 0 Å². The fourth-order valence-corrected chi connectivity index (χ4v) is 2.11. The highest BCUT2D eigenvalue weighted by Gasteiger charge is 2.10. The van der Waals surface area contributed by atoms with Gasteiger partial charge in [-0.2, -0.15) is 0 Å². The van der Waals surface area contributed by atoms with E-state index in [1.54, 1.807) is 7.11 Å². The Bertz CT molecular complexity index is 353. The molecule has 0 radical (unpaired) electrons. The van der Waals surface area contributed by atoms with Crippen LogP contribution in [0, 0.1) is 0 Å². The molecule has 0 aromatic carbocycles. The van der Waals surface area contributed by atoms with Gasteiger partial charge in [-0.3, -0.25) is 0 Å². The SMILES string of the molecule is C=CC(=O)OC1=C(\OC)CCCCCCCC/C=C\1. The molecule has 0 aromatic rings. The Kier molecular flexibility index (Phi) is 7.71. The van der Waals surface area contributed by atoms with Gasteiger partial charge in [0, 0.05) is 12.5 Å². The monoisotopic (exact) mass is 264 g/mol. The van der Waals surface area contributed by atoms with Crippen molar-refractivity contribution < 1.29 is 14.3 Å². The summed E-state index contributed by atoms with van der Waals surface area (Å²) in [7, 11) is 1.62. The Hall–Kier alpha value is -1.51. The van der Waals surface area contributed by atoms with E-state index in [-0.39, 0.29) is 0 Å². The minimum Gasteiger partial charge on any atom is -0.497 e. The molecule has 0 unspecified atom stereocenters. The molecule has 3 heteroatoms. The van der Waals surface area contributed by atoms with Crippen LogP contribution < -0.4 is 0 Å². The van der Waals surface area contributed by atoms with Crippen LogP contribution in [0.5, 0.6) is 0 Å². The first kappa shape index (κ1) is 15.5. The molecular weight excluding hydrogens is 240 g/mol. The van der Waals surface area contributed by atoms with E-state index in [1.165, 1.54) is 38.2 Å². The van der Waals surface area contributed by atoms with E-state index >= 15 is 0 Å². The quantitative estimate of drug-likeness (QED) is 0.564. The van der Waals surface area contributed by atoms with Crippen molar-refractivity contribution in [3.63, 3.8) is 0 Å². The van der Waals surface area contributed by atoms with E-state index < -0.39 is 5.97 Å². The Labute approximate surface area is 116 Å². The van der Waals surface area contributed by atoms with Crippen molar-refractivity contribution in [2.75, 3.05) is 7.11 Å². The number of hydrogen-bond acceptors (Lipinski definition) is 3. The van der Waals surface area contributed by atoms with Crippen LogP contribution in [0.1, 0.15) is 51.4 Å². The summed E-state index contributed by atoms with van der Waals surface area (Å²) >= 11 is 0. The fourth-order valence-electron chi connectivity index (χ4n) is 2.11. The van der Waals surface area contributed by atoms with Gasteiger partial charge in [-0.15, -0.1) is 0 Å². The van der Waals surface area contributed by atoms with E-state index in [2.05, 4.69) is 6.58 Å². The lowest BCUT2D eigenvalue weighted by Crippen LogP contribution is -2.04. The van der Waals surface area contributed by atoms with E-state index in [4.69, 9.17) is 9.47 Å². The van der Waals surface area contributed by atoms with Crippen LogP contribution >= 0.6 is 0 Å². The number of methoxy groups -OCH3 is 1. The smallest absolute Gasteiger partial charge is 0.335 e. The highest BCUT2D eigenvalue weighted by Crippen LogP contribution is 2.19. The maximum Gasteiger partial charge on any atom is 0.335 e. The molecule has 0 aromatic heterocycles. The zero-order valence-corrected chi connectivity index (χ0v) is 11.8. The molecule has 19 heavy (non-hydrogen) atoms. The maximum atomic E-state index is 11.4. The Morgan fingerprint density at radius 3 is 2.58 bits per heavy atom. The van der Waals surface area contributed by atoms with Gasteiger partial charge in [0.1, 0.15) is 5.76 Å². The second kappa shape index (κ2) is 9.42. The molecule has 0 bridgehead atoms. The third kappa shape index (κ3) is 6.27. The lowest BCUT2D eigenvalue weighted by atomic mass is 10.1. The zero-order valence-electron chi connectivity index (χ0n) is 11.8. The van der Waals surface area contributed by atoms with E-state index in [0.29, 0.717) is 5.76 Å². The van der Waals surface area contributed by atoms with Gasteiger partial charge >= 0.3 is 5.97 Å². The molecule has 0 atom stereocenters. The average molecular weight is 264 g/mol. The summed E-state index contributed by atoms with van der Waals surface area (Å²) < 4.78 is 10.6. The third-order valence-corrected chi connectivity index (χ3v) is 3.19. The molecule has 3 nitrogen and oxygen atoms in total. The molecule has 0 fully saturated rings. The van der Waals surface area contributed by atoms with Gasteiger partial charge in [-0.05, 0) is 25.3 Å². The van der Waals surface area contributed by atoms with E-state index in [0.717, 1.165) is 25.0 Å². The van der Waals surface area contributed by atoms with Crippen LogP contribution in [0.15, 0.2) is 36.3 Å². The molecule has 0 saturated carbocycles. The Morgan fingerprint density at radius 1 is 1.21 bits per heavy atom. The van der Waals surface area contributed by atoms with Gasteiger partial charge in [0.25, 0.3) is 0 Å². The predicted octanol–water partition coefficient (Wildman–Crippen LogP) is 4.26. The van der Waals surface area contributed by atoms with Crippen LogP contribution in [0.2, 0.25) is 0 Å². The molecular formula is C16H24O3. The first-order valence-corrected chi connectivity index (χ1v) is 7.06. The standard InChI is InChI=1S/C16H24O3/c1-3-16(17)19-15-13-11-9-7-5-4-6-8-10-12-14(15)18-2/h3,11,13H,1,4-10,12H2,2H3/b13-11-,15-14-. The van der Waals surface area contributed by atoms with Gasteiger partial charge in [0.05, 0.1) is 7.11 Å². The lowest BCUT2D eigenvalue weighted by Gasteiger charge is -2.12. The minimum absolute atomic E-state index is 0.443. The molecule has 0 N–H and O–H groups in total. The number of ether oxygens (including phenoxy) is 2. The first-order chi connectivity index (χ1) is 9.27. The van der Waals surface area contributed by atoms with Crippen molar-refractivity contribution in [3.05, 3.63) is 36.3 Å².